The second-order valence-electron chi connectivity index (χ2n) is 5.66. The lowest BCUT2D eigenvalue weighted by Gasteiger charge is -2.26. The molecule has 3 nitrogen and oxygen atoms in total. The fourth-order valence-electron chi connectivity index (χ4n) is 2.69. The van der Waals surface area contributed by atoms with Gasteiger partial charge in [0.15, 0.2) is 11.6 Å². The van der Waals surface area contributed by atoms with Crippen LogP contribution < -0.4 is 0 Å². The van der Waals surface area contributed by atoms with Crippen molar-refractivity contribution in [3.63, 3.8) is 0 Å². The van der Waals surface area contributed by atoms with Gasteiger partial charge in [0.05, 0.1) is 19.3 Å². The van der Waals surface area contributed by atoms with Crippen molar-refractivity contribution in [1.29, 1.82) is 5.41 Å². The molecular weight excluding hydrogens is 288 g/mol. The van der Waals surface area contributed by atoms with Crippen molar-refractivity contribution in [3.05, 3.63) is 34.9 Å². The molecule has 22 heavy (non-hydrogen) atoms. The normalized spacial score (nSPS) is 21.8. The molecule has 1 aliphatic rings. The van der Waals surface area contributed by atoms with Crippen LogP contribution in [0.15, 0.2) is 12.1 Å². The van der Waals surface area contributed by atoms with E-state index in [2.05, 4.69) is 0 Å². The first kappa shape index (κ1) is 17.0. The molecule has 0 aromatic heterocycles. The zero-order valence-corrected chi connectivity index (χ0v) is 12.9. The van der Waals surface area contributed by atoms with Crippen LogP contribution in [0.1, 0.15) is 43.7 Å². The van der Waals surface area contributed by atoms with E-state index in [0.29, 0.717) is 12.5 Å². The molecule has 1 saturated carbocycles. The fourth-order valence-corrected chi connectivity index (χ4v) is 2.69. The fraction of sp³-hybridized carbons (Fsp3) is 0.588. The maximum absolute atomic E-state index is 14.0. The minimum absolute atomic E-state index is 0.0711. The molecule has 0 radical (unpaired) electrons. The topological polar surface area (TPSA) is 42.3 Å². The molecule has 2 rings (SSSR count). The lowest BCUT2D eigenvalue weighted by atomic mass is 9.88. The lowest BCUT2D eigenvalue weighted by molar-refractivity contribution is 0.0112. The summed E-state index contributed by atoms with van der Waals surface area (Å²) in [5, 5.41) is 7.25. The van der Waals surface area contributed by atoms with Gasteiger partial charge >= 0.3 is 0 Å². The van der Waals surface area contributed by atoms with Crippen LogP contribution in [0.4, 0.5) is 8.78 Å². The third kappa shape index (κ3) is 4.34. The predicted octanol–water partition coefficient (Wildman–Crippen LogP) is 4.23. The van der Waals surface area contributed by atoms with Gasteiger partial charge in [0.25, 0.3) is 0 Å². The van der Waals surface area contributed by atoms with Crippen LogP contribution in [0.25, 0.3) is 0 Å². The molecule has 0 spiro atoms. The van der Waals surface area contributed by atoms with E-state index < -0.39 is 11.6 Å². The van der Waals surface area contributed by atoms with Crippen LogP contribution in [0.3, 0.4) is 0 Å². The largest absolute Gasteiger partial charge is 0.377 e. The highest BCUT2D eigenvalue weighted by molar-refractivity contribution is 5.56. The number of nitrogens with one attached hydrogen (secondary N) is 1. The van der Waals surface area contributed by atoms with Crippen LogP contribution in [0, 0.1) is 23.0 Å². The summed E-state index contributed by atoms with van der Waals surface area (Å²) in [6.07, 6.45) is 5.15. The first-order chi connectivity index (χ1) is 10.7. The Bertz CT molecular complexity index is 500. The number of halogens is 2. The van der Waals surface area contributed by atoms with Crippen molar-refractivity contribution in [3.8, 4) is 0 Å². The molecule has 0 heterocycles. The Morgan fingerprint density at radius 3 is 2.23 bits per heavy atom. The summed E-state index contributed by atoms with van der Waals surface area (Å²) in [7, 11) is 0. The van der Waals surface area contributed by atoms with Gasteiger partial charge in [-0.3, -0.25) is 0 Å². The summed E-state index contributed by atoms with van der Waals surface area (Å²) < 4.78 is 38.8. The maximum atomic E-state index is 14.0. The van der Waals surface area contributed by atoms with E-state index in [4.69, 9.17) is 14.9 Å². The average Bonchev–Trinajstić information content (AvgIpc) is 2.56. The molecule has 1 aromatic carbocycles. The minimum Gasteiger partial charge on any atom is -0.377 e. The molecule has 122 valence electrons. The van der Waals surface area contributed by atoms with E-state index in [1.807, 2.05) is 6.92 Å². The van der Waals surface area contributed by atoms with Crippen LogP contribution in [0.2, 0.25) is 0 Å². The Balaban J connectivity index is 1.90. The van der Waals surface area contributed by atoms with Crippen LogP contribution in [-0.4, -0.2) is 18.9 Å². The SMILES string of the molecule is CCOCc1ccc(COC2CCC(C=N)CC2)c(F)c1F. The van der Waals surface area contributed by atoms with Crippen molar-refractivity contribution in [2.24, 2.45) is 5.92 Å². The second-order valence-corrected chi connectivity index (χ2v) is 5.66. The number of benzene rings is 1. The van der Waals surface area contributed by atoms with Gasteiger partial charge in [-0.25, -0.2) is 8.78 Å². The molecule has 1 N–H and O–H groups in total. The Hall–Kier alpha value is -1.33. The van der Waals surface area contributed by atoms with Gasteiger partial charge in [-0.15, -0.1) is 0 Å². The third-order valence-corrected chi connectivity index (χ3v) is 4.13. The quantitative estimate of drug-likeness (QED) is 0.766. The van der Waals surface area contributed by atoms with Gasteiger partial charge in [0, 0.05) is 17.7 Å². The van der Waals surface area contributed by atoms with Crippen molar-refractivity contribution < 1.29 is 18.3 Å². The molecule has 1 fully saturated rings. The second kappa shape index (κ2) is 8.34. The van der Waals surface area contributed by atoms with E-state index in [1.165, 1.54) is 6.21 Å². The molecule has 0 amide bonds. The summed E-state index contributed by atoms with van der Waals surface area (Å²) in [6, 6.07) is 3.12. The number of hydrogen-bond acceptors (Lipinski definition) is 3. The predicted molar refractivity (Wildman–Crippen MR) is 81.0 cm³/mol. The van der Waals surface area contributed by atoms with Gasteiger partial charge in [-0.2, -0.15) is 0 Å². The Labute approximate surface area is 130 Å². The lowest BCUT2D eigenvalue weighted by Crippen LogP contribution is -2.22. The summed E-state index contributed by atoms with van der Waals surface area (Å²) in [5.74, 6) is -1.35. The number of ether oxygens (including phenoxy) is 2. The Morgan fingerprint density at radius 2 is 1.68 bits per heavy atom. The van der Waals surface area contributed by atoms with E-state index >= 15 is 0 Å². The molecule has 0 atom stereocenters. The molecule has 0 unspecified atom stereocenters. The average molecular weight is 311 g/mol. The maximum Gasteiger partial charge on any atom is 0.164 e. The molecule has 0 bridgehead atoms. The van der Waals surface area contributed by atoms with Gasteiger partial charge in [0.2, 0.25) is 0 Å². The van der Waals surface area contributed by atoms with Crippen LogP contribution in [0.5, 0.6) is 0 Å². The standard InChI is InChI=1S/C17H23F2NO2/c1-2-21-10-13-5-6-14(17(19)16(13)18)11-22-15-7-3-12(9-20)4-8-15/h5-6,9,12,15,20H,2-4,7-8,10-11H2,1H3. The van der Waals surface area contributed by atoms with Gasteiger partial charge in [-0.1, -0.05) is 12.1 Å². The summed E-state index contributed by atoms with van der Waals surface area (Å²) in [6.45, 7) is 2.43. The third-order valence-electron chi connectivity index (χ3n) is 4.13. The zero-order chi connectivity index (χ0) is 15.9. The Morgan fingerprint density at radius 1 is 1.09 bits per heavy atom. The van der Waals surface area contributed by atoms with Crippen molar-refractivity contribution in [1.82, 2.24) is 0 Å². The van der Waals surface area contributed by atoms with Crippen molar-refractivity contribution in [2.45, 2.75) is 51.9 Å². The molecule has 1 aliphatic carbocycles. The van der Waals surface area contributed by atoms with Crippen molar-refractivity contribution in [2.75, 3.05) is 6.61 Å². The highest BCUT2D eigenvalue weighted by Crippen LogP contribution is 2.26. The molecule has 1 aromatic rings. The van der Waals surface area contributed by atoms with Gasteiger partial charge < -0.3 is 14.9 Å². The Kier molecular flexibility index (Phi) is 6.46. The minimum atomic E-state index is -0.845. The van der Waals surface area contributed by atoms with Gasteiger partial charge in [0.1, 0.15) is 0 Å². The van der Waals surface area contributed by atoms with E-state index in [0.717, 1.165) is 25.7 Å². The van der Waals surface area contributed by atoms with Gasteiger partial charge in [-0.05, 0) is 44.7 Å². The first-order valence-electron chi connectivity index (χ1n) is 7.81. The monoisotopic (exact) mass is 311 g/mol. The van der Waals surface area contributed by atoms with E-state index in [1.54, 1.807) is 12.1 Å². The molecular formula is C17H23F2NO2. The molecule has 0 aliphatic heterocycles. The van der Waals surface area contributed by atoms with Crippen molar-refractivity contribution >= 4 is 6.21 Å². The highest BCUT2D eigenvalue weighted by atomic mass is 19.2. The first-order valence-corrected chi connectivity index (χ1v) is 7.81. The summed E-state index contributed by atoms with van der Waals surface area (Å²) >= 11 is 0. The number of hydrogen-bond donors (Lipinski definition) is 1. The van der Waals surface area contributed by atoms with E-state index in [-0.39, 0.29) is 30.4 Å². The molecule has 5 heteroatoms. The van der Waals surface area contributed by atoms with E-state index in [9.17, 15) is 8.78 Å². The smallest absolute Gasteiger partial charge is 0.164 e. The zero-order valence-electron chi connectivity index (χ0n) is 12.9. The highest BCUT2D eigenvalue weighted by Gasteiger charge is 2.21. The summed E-state index contributed by atoms with van der Waals surface area (Å²) in [5.41, 5.74) is 0.474. The van der Waals surface area contributed by atoms with Crippen LogP contribution >= 0.6 is 0 Å². The number of rotatable bonds is 7. The summed E-state index contributed by atoms with van der Waals surface area (Å²) in [4.78, 5) is 0. The van der Waals surface area contributed by atoms with Crippen LogP contribution in [-0.2, 0) is 22.7 Å². The molecule has 0 saturated heterocycles.